The number of unbranched alkanes of at least 4 members (excludes halogenated alkanes) is 1. The van der Waals surface area contributed by atoms with Gasteiger partial charge in [-0.1, -0.05) is 38.1 Å². The number of hydrogen-bond acceptors (Lipinski definition) is 2. The Morgan fingerprint density at radius 3 is 2.37 bits per heavy atom. The summed E-state index contributed by atoms with van der Waals surface area (Å²) in [5.41, 5.74) is 1.09. The molecular formula is C17H26O2. The molecule has 106 valence electrons. The van der Waals surface area contributed by atoms with Crippen LogP contribution >= 0.6 is 0 Å². The van der Waals surface area contributed by atoms with Crippen LogP contribution in [0.4, 0.5) is 0 Å². The molecular weight excluding hydrogens is 236 g/mol. The van der Waals surface area contributed by atoms with Crippen LogP contribution in [0.3, 0.4) is 0 Å². The van der Waals surface area contributed by atoms with Crippen molar-refractivity contribution in [2.24, 2.45) is 0 Å². The smallest absolute Gasteiger partial charge is 0.207 e. The predicted octanol–water partition coefficient (Wildman–Crippen LogP) is 5.04. The summed E-state index contributed by atoms with van der Waals surface area (Å²) >= 11 is 0. The minimum Gasteiger partial charge on any atom is -0.463 e. The van der Waals surface area contributed by atoms with Crippen molar-refractivity contribution < 1.29 is 9.47 Å². The number of hydrogen-bond donors (Lipinski definition) is 0. The Labute approximate surface area is 117 Å². The molecule has 0 aliphatic carbocycles. The van der Waals surface area contributed by atoms with Crippen molar-refractivity contribution in [3.8, 4) is 5.75 Å². The molecule has 0 N–H and O–H groups in total. The highest BCUT2D eigenvalue weighted by Gasteiger charge is 2.28. The van der Waals surface area contributed by atoms with Gasteiger partial charge in [-0.05, 0) is 38.0 Å². The Bertz CT molecular complexity index is 381. The van der Waals surface area contributed by atoms with Crippen LogP contribution in [0, 0.1) is 0 Å². The number of rotatable bonds is 8. The van der Waals surface area contributed by atoms with Crippen LogP contribution in [-0.2, 0) is 4.74 Å². The average Bonchev–Trinajstić information content (AvgIpc) is 2.36. The van der Waals surface area contributed by atoms with Crippen LogP contribution in [-0.4, -0.2) is 11.9 Å². The molecule has 0 saturated carbocycles. The third-order valence-corrected chi connectivity index (χ3v) is 2.92. The molecule has 0 saturated heterocycles. The Balaban J connectivity index is 2.76. The molecule has 0 heterocycles. The van der Waals surface area contributed by atoms with Crippen molar-refractivity contribution in [1.82, 2.24) is 0 Å². The van der Waals surface area contributed by atoms with Gasteiger partial charge < -0.3 is 9.47 Å². The Hall–Kier alpha value is -1.28. The first-order chi connectivity index (χ1) is 8.99. The Morgan fingerprint density at radius 2 is 1.89 bits per heavy atom. The van der Waals surface area contributed by atoms with Gasteiger partial charge >= 0.3 is 0 Å². The lowest BCUT2D eigenvalue weighted by Gasteiger charge is -2.32. The molecule has 0 spiro atoms. The normalized spacial score (nSPS) is 14.2. The maximum Gasteiger partial charge on any atom is 0.207 e. The van der Waals surface area contributed by atoms with Gasteiger partial charge in [0.15, 0.2) is 0 Å². The van der Waals surface area contributed by atoms with Crippen LogP contribution < -0.4 is 4.74 Å². The third kappa shape index (κ3) is 5.48. The van der Waals surface area contributed by atoms with Crippen molar-refractivity contribution >= 4 is 6.08 Å². The molecule has 1 rings (SSSR count). The van der Waals surface area contributed by atoms with Gasteiger partial charge in [-0.25, -0.2) is 0 Å². The van der Waals surface area contributed by atoms with Gasteiger partial charge in [0, 0.05) is 13.3 Å². The van der Waals surface area contributed by atoms with Gasteiger partial charge in [0.05, 0.1) is 6.10 Å². The first kappa shape index (κ1) is 15.8. The third-order valence-electron chi connectivity index (χ3n) is 2.92. The molecule has 0 radical (unpaired) electrons. The van der Waals surface area contributed by atoms with Crippen molar-refractivity contribution in [2.75, 3.05) is 0 Å². The molecule has 19 heavy (non-hydrogen) atoms. The van der Waals surface area contributed by atoms with E-state index in [1.807, 2.05) is 51.1 Å². The van der Waals surface area contributed by atoms with E-state index in [2.05, 4.69) is 13.5 Å². The van der Waals surface area contributed by atoms with E-state index in [1.54, 1.807) is 0 Å². The molecule has 0 fully saturated rings. The van der Waals surface area contributed by atoms with E-state index in [9.17, 15) is 0 Å². The molecule has 0 bridgehead atoms. The van der Waals surface area contributed by atoms with Crippen LogP contribution in [0.15, 0.2) is 30.8 Å². The van der Waals surface area contributed by atoms with Crippen molar-refractivity contribution in [3.05, 3.63) is 36.4 Å². The summed E-state index contributed by atoms with van der Waals surface area (Å²) in [5.74, 6) is 0.282. The van der Waals surface area contributed by atoms with Crippen LogP contribution in [0.1, 0.15) is 52.5 Å². The number of benzene rings is 1. The highest BCUT2D eigenvalue weighted by Crippen LogP contribution is 2.26. The Kier molecular flexibility index (Phi) is 6.10. The lowest BCUT2D eigenvalue weighted by atomic mass is 10.1. The average molecular weight is 262 g/mol. The summed E-state index contributed by atoms with van der Waals surface area (Å²) in [6.45, 7) is 12.0. The van der Waals surface area contributed by atoms with E-state index >= 15 is 0 Å². The first-order valence-corrected chi connectivity index (χ1v) is 7.08. The second kappa shape index (κ2) is 7.34. The van der Waals surface area contributed by atoms with Crippen molar-refractivity contribution in [2.45, 2.75) is 58.8 Å². The maximum absolute atomic E-state index is 6.06. The molecule has 2 nitrogen and oxygen atoms in total. The Morgan fingerprint density at radius 1 is 1.26 bits per heavy atom. The maximum atomic E-state index is 6.06. The highest BCUT2D eigenvalue weighted by molar-refractivity contribution is 5.48. The van der Waals surface area contributed by atoms with Gasteiger partial charge in [0.25, 0.3) is 0 Å². The summed E-state index contributed by atoms with van der Waals surface area (Å²) < 4.78 is 12.0. The lowest BCUT2D eigenvalue weighted by molar-refractivity contribution is -0.196. The summed E-state index contributed by atoms with van der Waals surface area (Å²) in [6, 6.07) is 7.92. The van der Waals surface area contributed by atoms with E-state index < -0.39 is 5.79 Å². The zero-order chi connectivity index (χ0) is 14.3. The minimum atomic E-state index is -0.556. The van der Waals surface area contributed by atoms with E-state index in [4.69, 9.17) is 9.47 Å². The van der Waals surface area contributed by atoms with E-state index in [0.29, 0.717) is 0 Å². The van der Waals surface area contributed by atoms with Crippen LogP contribution in [0.25, 0.3) is 6.08 Å². The second-order valence-electron chi connectivity index (χ2n) is 5.28. The summed E-state index contributed by atoms with van der Waals surface area (Å²) in [6.07, 6.45) is 5.09. The first-order valence-electron chi connectivity index (χ1n) is 7.08. The van der Waals surface area contributed by atoms with Crippen LogP contribution in [0.2, 0.25) is 0 Å². The van der Waals surface area contributed by atoms with Gasteiger partial charge in [0.1, 0.15) is 5.75 Å². The quantitative estimate of drug-likeness (QED) is 0.611. The highest BCUT2D eigenvalue weighted by atomic mass is 16.7. The fourth-order valence-electron chi connectivity index (χ4n) is 2.05. The monoisotopic (exact) mass is 262 g/mol. The van der Waals surface area contributed by atoms with E-state index in [0.717, 1.165) is 30.6 Å². The molecule has 0 amide bonds. The summed E-state index contributed by atoms with van der Waals surface area (Å²) in [4.78, 5) is 0. The predicted molar refractivity (Wildman–Crippen MR) is 81.3 cm³/mol. The minimum absolute atomic E-state index is 0.148. The number of ether oxygens (including phenoxy) is 2. The van der Waals surface area contributed by atoms with Gasteiger partial charge in [-0.2, -0.15) is 0 Å². The lowest BCUT2D eigenvalue weighted by Crippen LogP contribution is -2.38. The van der Waals surface area contributed by atoms with Crippen molar-refractivity contribution in [1.29, 1.82) is 0 Å². The fraction of sp³-hybridized carbons (Fsp3) is 0.529. The summed E-state index contributed by atoms with van der Waals surface area (Å²) in [7, 11) is 0. The van der Waals surface area contributed by atoms with E-state index in [-0.39, 0.29) is 6.10 Å². The second-order valence-corrected chi connectivity index (χ2v) is 5.28. The zero-order valence-corrected chi connectivity index (χ0v) is 12.6. The zero-order valence-electron chi connectivity index (χ0n) is 12.6. The topological polar surface area (TPSA) is 18.5 Å². The summed E-state index contributed by atoms with van der Waals surface area (Å²) in [5, 5.41) is 0. The molecule has 0 aliphatic rings. The van der Waals surface area contributed by atoms with Crippen molar-refractivity contribution in [3.63, 3.8) is 0 Å². The van der Waals surface area contributed by atoms with E-state index in [1.165, 1.54) is 0 Å². The molecule has 1 aromatic carbocycles. The van der Waals surface area contributed by atoms with Gasteiger partial charge in [0.2, 0.25) is 5.79 Å². The SMILES string of the molecule is C=Cc1ccc(OC(C)(CCCC)OC(C)C)cc1. The standard InChI is InChI=1S/C17H26O2/c1-6-8-13-17(5,18-14(3)4)19-16-11-9-15(7-2)10-12-16/h7,9-12,14H,2,6,8,13H2,1,3-5H3. The largest absolute Gasteiger partial charge is 0.463 e. The molecule has 1 aromatic rings. The molecule has 2 heteroatoms. The van der Waals surface area contributed by atoms with Crippen LogP contribution in [0.5, 0.6) is 5.75 Å². The molecule has 0 aromatic heterocycles. The fourth-order valence-corrected chi connectivity index (χ4v) is 2.05. The molecule has 0 aliphatic heterocycles. The van der Waals surface area contributed by atoms with Gasteiger partial charge in [-0.15, -0.1) is 0 Å². The molecule has 1 unspecified atom stereocenters. The van der Waals surface area contributed by atoms with Gasteiger partial charge in [-0.3, -0.25) is 0 Å². The molecule has 1 atom stereocenters.